The Kier molecular flexibility index (Phi) is 5.89. The molecule has 1 amide bonds. The Morgan fingerprint density at radius 2 is 2.06 bits per heavy atom. The molecule has 0 saturated heterocycles. The second-order valence-corrected chi connectivity index (χ2v) is 11.2. The number of aryl methyl sites for hydroxylation is 1. The molecule has 4 aromatic rings. The summed E-state index contributed by atoms with van der Waals surface area (Å²) in [6, 6.07) is 14.5. The van der Waals surface area contributed by atoms with Crippen molar-refractivity contribution in [2.24, 2.45) is 5.92 Å². The molecule has 0 fully saturated rings. The number of carbonyl (C=O) groups excluding carboxylic acids is 2. The predicted molar refractivity (Wildman–Crippen MR) is 142 cm³/mol. The highest BCUT2D eigenvalue weighted by atomic mass is 32.2. The van der Waals surface area contributed by atoms with E-state index >= 15 is 0 Å². The number of hydrogen-bond acceptors (Lipinski definition) is 7. The maximum Gasteiger partial charge on any atom is 0.267 e. The standard InChI is InChI=1S/C27H23N3O4S2/c1-15-7-9-18-22(11-15)36-25-24(18)26(33)30(17-5-3-2-4-6-17)27(29-25)35-14-20(31)16-8-10-21-19(12-16)28-23(32)13-34-21/h2-6,8,10,12,15H,7,9,11,13-14H2,1H3,(H,28,32)/t15-/m0/s1. The minimum atomic E-state index is -0.251. The molecule has 3 heterocycles. The van der Waals surface area contributed by atoms with Gasteiger partial charge in [0.25, 0.3) is 11.5 Å². The van der Waals surface area contributed by atoms with Crippen LogP contribution in [0.3, 0.4) is 0 Å². The van der Waals surface area contributed by atoms with Crippen molar-refractivity contribution in [2.45, 2.75) is 31.3 Å². The summed E-state index contributed by atoms with van der Waals surface area (Å²) in [5.41, 5.74) is 2.73. The summed E-state index contributed by atoms with van der Waals surface area (Å²) in [5, 5.41) is 3.94. The maximum atomic E-state index is 13.8. The monoisotopic (exact) mass is 517 g/mol. The number of rotatable bonds is 5. The largest absolute Gasteiger partial charge is 0.482 e. The van der Waals surface area contributed by atoms with Crippen LogP contribution < -0.4 is 15.6 Å². The van der Waals surface area contributed by atoms with Crippen LogP contribution in [0.4, 0.5) is 5.69 Å². The molecule has 2 aliphatic rings. The van der Waals surface area contributed by atoms with Crippen molar-refractivity contribution in [3.05, 3.63) is 74.9 Å². The Morgan fingerprint density at radius 3 is 2.89 bits per heavy atom. The lowest BCUT2D eigenvalue weighted by molar-refractivity contribution is -0.118. The number of hydrogen-bond donors (Lipinski definition) is 1. The summed E-state index contributed by atoms with van der Waals surface area (Å²) in [7, 11) is 0. The van der Waals surface area contributed by atoms with Crippen LogP contribution in [0, 0.1) is 5.92 Å². The Hall–Kier alpha value is -3.43. The van der Waals surface area contributed by atoms with Gasteiger partial charge >= 0.3 is 0 Å². The molecule has 1 aliphatic carbocycles. The third-order valence-corrected chi connectivity index (χ3v) is 8.67. The molecule has 0 bridgehead atoms. The van der Waals surface area contributed by atoms with Gasteiger partial charge in [-0.3, -0.25) is 19.0 Å². The van der Waals surface area contributed by atoms with Gasteiger partial charge in [0.15, 0.2) is 17.5 Å². The molecular weight excluding hydrogens is 494 g/mol. The van der Waals surface area contributed by atoms with Crippen molar-refractivity contribution in [2.75, 3.05) is 17.7 Å². The molecule has 2 aromatic heterocycles. The van der Waals surface area contributed by atoms with Crippen molar-refractivity contribution in [1.29, 1.82) is 0 Å². The average Bonchev–Trinajstić information content (AvgIpc) is 3.24. The number of ketones is 1. The molecule has 9 heteroatoms. The summed E-state index contributed by atoms with van der Waals surface area (Å²) in [5.74, 6) is 0.857. The van der Waals surface area contributed by atoms with Gasteiger partial charge in [-0.05, 0) is 61.1 Å². The summed E-state index contributed by atoms with van der Waals surface area (Å²) in [6.45, 7) is 2.21. The number of anilines is 1. The van der Waals surface area contributed by atoms with Gasteiger partial charge in [0.2, 0.25) is 0 Å². The zero-order valence-corrected chi connectivity index (χ0v) is 21.2. The summed E-state index contributed by atoms with van der Waals surface area (Å²) >= 11 is 2.85. The highest BCUT2D eigenvalue weighted by Gasteiger charge is 2.26. The van der Waals surface area contributed by atoms with Gasteiger partial charge in [-0.15, -0.1) is 11.3 Å². The minimum absolute atomic E-state index is 0.0353. The quantitative estimate of drug-likeness (QED) is 0.231. The van der Waals surface area contributed by atoms with E-state index in [9.17, 15) is 14.4 Å². The SMILES string of the molecule is C[C@H]1CCc2c(sc3nc(SCC(=O)c4ccc5c(c4)NC(=O)CO5)n(-c4ccccc4)c(=O)c23)C1. The van der Waals surface area contributed by atoms with Crippen molar-refractivity contribution in [3.63, 3.8) is 0 Å². The van der Waals surface area contributed by atoms with Gasteiger partial charge in [0.1, 0.15) is 10.6 Å². The zero-order valence-electron chi connectivity index (χ0n) is 19.6. The number of nitrogens with one attached hydrogen (secondary N) is 1. The molecule has 0 saturated carbocycles. The van der Waals surface area contributed by atoms with Crippen LogP contribution >= 0.6 is 23.1 Å². The molecule has 7 nitrogen and oxygen atoms in total. The fourth-order valence-electron chi connectivity index (χ4n) is 4.74. The van der Waals surface area contributed by atoms with Crippen LogP contribution in [0.15, 0.2) is 58.5 Å². The van der Waals surface area contributed by atoms with Gasteiger partial charge in [0.05, 0.1) is 22.5 Å². The smallest absolute Gasteiger partial charge is 0.267 e. The number of nitrogens with zero attached hydrogens (tertiary/aromatic N) is 2. The van der Waals surface area contributed by atoms with Crippen LogP contribution in [0.25, 0.3) is 15.9 Å². The molecule has 1 aliphatic heterocycles. The normalized spacial score (nSPS) is 16.7. The van der Waals surface area contributed by atoms with E-state index in [4.69, 9.17) is 9.72 Å². The maximum absolute atomic E-state index is 13.8. The van der Waals surface area contributed by atoms with E-state index < -0.39 is 0 Å². The van der Waals surface area contributed by atoms with Crippen molar-refractivity contribution in [3.8, 4) is 11.4 Å². The number of fused-ring (bicyclic) bond motifs is 4. The van der Waals surface area contributed by atoms with E-state index in [1.165, 1.54) is 16.6 Å². The first-order chi connectivity index (χ1) is 17.5. The number of aromatic nitrogens is 2. The number of amides is 1. The van der Waals surface area contributed by atoms with Crippen LogP contribution in [-0.2, 0) is 17.6 Å². The molecule has 6 rings (SSSR count). The Bertz CT molecular complexity index is 1580. The third kappa shape index (κ3) is 4.12. The lowest BCUT2D eigenvalue weighted by Gasteiger charge is -2.18. The Labute approximate surface area is 215 Å². The second-order valence-electron chi connectivity index (χ2n) is 9.16. The van der Waals surface area contributed by atoms with E-state index in [1.54, 1.807) is 34.1 Å². The van der Waals surface area contributed by atoms with Gasteiger partial charge in [0, 0.05) is 10.4 Å². The summed E-state index contributed by atoms with van der Waals surface area (Å²) < 4.78 is 7.02. The third-order valence-electron chi connectivity index (χ3n) is 6.58. The predicted octanol–water partition coefficient (Wildman–Crippen LogP) is 4.88. The van der Waals surface area contributed by atoms with Crippen LogP contribution in [0.2, 0.25) is 0 Å². The van der Waals surface area contributed by atoms with Gasteiger partial charge in [-0.25, -0.2) is 4.98 Å². The molecule has 36 heavy (non-hydrogen) atoms. The van der Waals surface area contributed by atoms with Crippen molar-refractivity contribution < 1.29 is 14.3 Å². The van der Waals surface area contributed by atoms with E-state index in [2.05, 4.69) is 12.2 Å². The highest BCUT2D eigenvalue weighted by molar-refractivity contribution is 7.99. The van der Waals surface area contributed by atoms with Crippen LogP contribution in [-0.4, -0.2) is 33.6 Å². The lowest BCUT2D eigenvalue weighted by Crippen LogP contribution is -2.25. The van der Waals surface area contributed by atoms with Gasteiger partial charge in [-0.2, -0.15) is 0 Å². The number of carbonyl (C=O) groups is 2. The van der Waals surface area contributed by atoms with Gasteiger partial charge in [-0.1, -0.05) is 36.9 Å². The fraction of sp³-hybridized carbons (Fsp3) is 0.259. The molecule has 0 radical (unpaired) electrons. The number of ether oxygens (including phenoxy) is 1. The first kappa shape index (κ1) is 23.0. The number of thioether (sulfide) groups is 1. The molecular formula is C27H23N3O4S2. The molecule has 2 aromatic carbocycles. The molecule has 1 N–H and O–H groups in total. The van der Waals surface area contributed by atoms with E-state index in [0.717, 1.165) is 35.3 Å². The van der Waals surface area contributed by atoms with E-state index in [1.807, 2.05) is 30.3 Å². The summed E-state index contributed by atoms with van der Waals surface area (Å²) in [6.07, 6.45) is 2.94. The van der Waals surface area contributed by atoms with Crippen molar-refractivity contribution >= 4 is 50.7 Å². The fourth-order valence-corrected chi connectivity index (χ4v) is 7.07. The Balaban J connectivity index is 1.37. The highest BCUT2D eigenvalue weighted by Crippen LogP contribution is 2.37. The number of thiophene rings is 1. The summed E-state index contributed by atoms with van der Waals surface area (Å²) in [4.78, 5) is 45.5. The van der Waals surface area contributed by atoms with E-state index in [-0.39, 0.29) is 29.6 Å². The van der Waals surface area contributed by atoms with E-state index in [0.29, 0.717) is 33.5 Å². The van der Waals surface area contributed by atoms with Crippen LogP contribution in [0.5, 0.6) is 5.75 Å². The second kappa shape index (κ2) is 9.22. The first-order valence-corrected chi connectivity index (χ1v) is 13.6. The minimum Gasteiger partial charge on any atom is -0.482 e. The first-order valence-electron chi connectivity index (χ1n) is 11.8. The number of Topliss-reactive ketones (excluding diaryl/α,β-unsaturated/α-hetero) is 1. The molecule has 182 valence electrons. The Morgan fingerprint density at radius 1 is 1.22 bits per heavy atom. The topological polar surface area (TPSA) is 90.3 Å². The van der Waals surface area contributed by atoms with Crippen LogP contribution in [0.1, 0.15) is 34.1 Å². The zero-order chi connectivity index (χ0) is 24.8. The number of para-hydroxylation sites is 1. The molecule has 0 unspecified atom stereocenters. The lowest BCUT2D eigenvalue weighted by atomic mass is 9.89. The van der Waals surface area contributed by atoms with Gasteiger partial charge < -0.3 is 10.1 Å². The molecule has 1 atom stereocenters. The molecule has 0 spiro atoms. The van der Waals surface area contributed by atoms with Crippen molar-refractivity contribution in [1.82, 2.24) is 9.55 Å². The number of benzene rings is 2. The average molecular weight is 518 g/mol.